The Labute approximate surface area is 46.9 Å². The first-order valence-electron chi connectivity index (χ1n) is 2.21. The van der Waals surface area contributed by atoms with Crippen molar-refractivity contribution in [3.8, 4) is 0 Å². The molecule has 3 nitrogen and oxygen atoms in total. The van der Waals surface area contributed by atoms with E-state index in [-0.39, 0.29) is 0 Å². The minimum Gasteiger partial charge on any atom is -0.305 e. The second kappa shape index (κ2) is 2.16. The Morgan fingerprint density at radius 3 is 2.38 bits per heavy atom. The monoisotopic (exact) mass is 107 g/mol. The van der Waals surface area contributed by atoms with Crippen molar-refractivity contribution < 1.29 is 0 Å². The first kappa shape index (κ1) is 4.90. The van der Waals surface area contributed by atoms with Crippen LogP contribution in [0.5, 0.6) is 0 Å². The van der Waals surface area contributed by atoms with Gasteiger partial charge in [0.15, 0.2) is 5.82 Å². The molecule has 0 atom stereocenters. The molecule has 1 aromatic rings. The number of nitrogens with one attached hydrogen (secondary N) is 1. The van der Waals surface area contributed by atoms with E-state index in [4.69, 9.17) is 5.41 Å². The van der Waals surface area contributed by atoms with Crippen molar-refractivity contribution in [3.63, 3.8) is 0 Å². The maximum Gasteiger partial charge on any atom is 0.169 e. The van der Waals surface area contributed by atoms with Crippen molar-refractivity contribution in [2.45, 2.75) is 0 Å². The molecule has 1 aromatic heterocycles. The third-order valence-electron chi connectivity index (χ3n) is 0.715. The van der Waals surface area contributed by atoms with Gasteiger partial charge in [-0.2, -0.15) is 0 Å². The van der Waals surface area contributed by atoms with Crippen molar-refractivity contribution >= 4 is 6.21 Å². The van der Waals surface area contributed by atoms with Crippen molar-refractivity contribution in [3.05, 3.63) is 24.3 Å². The Bertz CT molecular complexity index is 170. The SMILES string of the molecule is N=Cc1ncccn1. The van der Waals surface area contributed by atoms with Crippen molar-refractivity contribution in [1.29, 1.82) is 5.41 Å². The van der Waals surface area contributed by atoms with Crippen molar-refractivity contribution in [2.75, 3.05) is 0 Å². The van der Waals surface area contributed by atoms with E-state index in [0.717, 1.165) is 6.21 Å². The van der Waals surface area contributed by atoms with Crippen LogP contribution in [0.25, 0.3) is 0 Å². The van der Waals surface area contributed by atoms with Crippen LogP contribution in [0.3, 0.4) is 0 Å². The second-order valence-electron chi connectivity index (χ2n) is 1.25. The smallest absolute Gasteiger partial charge is 0.169 e. The van der Waals surface area contributed by atoms with E-state index in [0.29, 0.717) is 5.82 Å². The molecular weight excluding hydrogens is 102 g/mol. The fraction of sp³-hybridized carbons (Fsp3) is 0. The summed E-state index contributed by atoms with van der Waals surface area (Å²) in [6.45, 7) is 0. The third-order valence-corrected chi connectivity index (χ3v) is 0.715. The summed E-state index contributed by atoms with van der Waals surface area (Å²) in [7, 11) is 0. The van der Waals surface area contributed by atoms with E-state index < -0.39 is 0 Å². The lowest BCUT2D eigenvalue weighted by molar-refractivity contribution is 1.14. The fourth-order valence-electron chi connectivity index (χ4n) is 0.385. The zero-order valence-corrected chi connectivity index (χ0v) is 4.20. The molecule has 0 aliphatic heterocycles. The van der Waals surface area contributed by atoms with Gasteiger partial charge >= 0.3 is 0 Å². The average molecular weight is 107 g/mol. The lowest BCUT2D eigenvalue weighted by Crippen LogP contribution is -1.87. The Morgan fingerprint density at radius 2 is 2.00 bits per heavy atom. The lowest BCUT2D eigenvalue weighted by Gasteiger charge is -1.82. The van der Waals surface area contributed by atoms with Crippen LogP contribution in [-0.4, -0.2) is 16.2 Å². The van der Waals surface area contributed by atoms with E-state index in [2.05, 4.69) is 9.97 Å². The number of rotatable bonds is 1. The van der Waals surface area contributed by atoms with Crippen LogP contribution >= 0.6 is 0 Å². The zero-order valence-electron chi connectivity index (χ0n) is 4.20. The molecule has 0 aliphatic rings. The summed E-state index contributed by atoms with van der Waals surface area (Å²) in [5.74, 6) is 0.451. The highest BCUT2D eigenvalue weighted by atomic mass is 14.9. The van der Waals surface area contributed by atoms with Crippen molar-refractivity contribution in [1.82, 2.24) is 9.97 Å². The molecule has 0 bridgehead atoms. The summed E-state index contributed by atoms with van der Waals surface area (Å²) >= 11 is 0. The summed E-state index contributed by atoms with van der Waals surface area (Å²) in [6.07, 6.45) is 4.32. The highest BCUT2D eigenvalue weighted by molar-refractivity contribution is 5.70. The van der Waals surface area contributed by atoms with E-state index in [1.54, 1.807) is 18.5 Å². The predicted octanol–water partition coefficient (Wildman–Crippen LogP) is 0.474. The molecule has 3 heteroatoms. The van der Waals surface area contributed by atoms with E-state index in [9.17, 15) is 0 Å². The summed E-state index contributed by atoms with van der Waals surface area (Å²) in [6, 6.07) is 1.72. The quantitative estimate of drug-likeness (QED) is 0.530. The van der Waals surface area contributed by atoms with Gasteiger partial charge in [-0.25, -0.2) is 9.97 Å². The Balaban J connectivity index is 2.99. The van der Waals surface area contributed by atoms with Crippen LogP contribution in [-0.2, 0) is 0 Å². The summed E-state index contributed by atoms with van der Waals surface area (Å²) in [4.78, 5) is 7.49. The second-order valence-corrected chi connectivity index (χ2v) is 1.25. The van der Waals surface area contributed by atoms with Crippen LogP contribution in [0, 0.1) is 5.41 Å². The van der Waals surface area contributed by atoms with Gasteiger partial charge in [0, 0.05) is 12.4 Å². The van der Waals surface area contributed by atoms with Gasteiger partial charge in [0.25, 0.3) is 0 Å². The van der Waals surface area contributed by atoms with Crippen LogP contribution in [0.15, 0.2) is 18.5 Å². The molecule has 40 valence electrons. The zero-order chi connectivity index (χ0) is 5.82. The maximum atomic E-state index is 6.69. The van der Waals surface area contributed by atoms with Gasteiger partial charge in [-0.15, -0.1) is 0 Å². The molecule has 0 saturated carbocycles. The van der Waals surface area contributed by atoms with Gasteiger partial charge in [0.1, 0.15) is 0 Å². The molecule has 0 radical (unpaired) electrons. The minimum atomic E-state index is 0.451. The maximum absolute atomic E-state index is 6.69. The summed E-state index contributed by atoms with van der Waals surface area (Å²) < 4.78 is 0. The van der Waals surface area contributed by atoms with Crippen LogP contribution in [0.1, 0.15) is 5.82 Å². The van der Waals surface area contributed by atoms with E-state index in [1.807, 2.05) is 0 Å². The van der Waals surface area contributed by atoms with E-state index >= 15 is 0 Å². The molecule has 1 N–H and O–H groups in total. The molecule has 0 spiro atoms. The normalized spacial score (nSPS) is 8.50. The molecule has 8 heavy (non-hydrogen) atoms. The Morgan fingerprint density at radius 1 is 1.38 bits per heavy atom. The number of aromatic nitrogens is 2. The van der Waals surface area contributed by atoms with Gasteiger partial charge in [-0.3, -0.25) is 0 Å². The lowest BCUT2D eigenvalue weighted by atomic mass is 10.6. The standard InChI is InChI=1S/C5H5N3/c6-4-5-7-2-1-3-8-5/h1-4,6H. The molecule has 0 fully saturated rings. The first-order chi connectivity index (χ1) is 3.93. The predicted molar refractivity (Wildman–Crippen MR) is 29.9 cm³/mol. The fourth-order valence-corrected chi connectivity index (χ4v) is 0.385. The molecule has 1 rings (SSSR count). The molecular formula is C5H5N3. The first-order valence-corrected chi connectivity index (χ1v) is 2.21. The van der Waals surface area contributed by atoms with Crippen LogP contribution in [0.2, 0.25) is 0 Å². The van der Waals surface area contributed by atoms with Crippen LogP contribution < -0.4 is 0 Å². The molecule has 0 saturated heterocycles. The Hall–Kier alpha value is -1.25. The summed E-state index contributed by atoms with van der Waals surface area (Å²) in [5.41, 5.74) is 0. The molecule has 0 unspecified atom stereocenters. The topological polar surface area (TPSA) is 49.6 Å². The highest BCUT2D eigenvalue weighted by Crippen LogP contribution is 1.78. The minimum absolute atomic E-state index is 0.451. The number of nitrogens with zero attached hydrogens (tertiary/aromatic N) is 2. The Kier molecular flexibility index (Phi) is 1.32. The molecule has 1 heterocycles. The number of hydrogen-bond donors (Lipinski definition) is 1. The molecule has 0 amide bonds. The largest absolute Gasteiger partial charge is 0.305 e. The summed E-state index contributed by atoms with van der Waals surface area (Å²) in [5, 5.41) is 6.69. The average Bonchev–Trinajstić information content (AvgIpc) is 1.90. The third kappa shape index (κ3) is 0.872. The highest BCUT2D eigenvalue weighted by Gasteiger charge is 1.80. The van der Waals surface area contributed by atoms with Gasteiger partial charge in [0.2, 0.25) is 0 Å². The molecule has 0 aromatic carbocycles. The van der Waals surface area contributed by atoms with Gasteiger partial charge in [-0.1, -0.05) is 0 Å². The molecule has 0 aliphatic carbocycles. The van der Waals surface area contributed by atoms with Gasteiger partial charge in [-0.05, 0) is 6.07 Å². The van der Waals surface area contributed by atoms with Crippen LogP contribution in [0.4, 0.5) is 0 Å². The van der Waals surface area contributed by atoms with Gasteiger partial charge < -0.3 is 5.41 Å². The van der Waals surface area contributed by atoms with Crippen molar-refractivity contribution in [2.24, 2.45) is 0 Å². The van der Waals surface area contributed by atoms with E-state index in [1.165, 1.54) is 0 Å². The number of hydrogen-bond acceptors (Lipinski definition) is 3. The van der Waals surface area contributed by atoms with Gasteiger partial charge in [0.05, 0.1) is 6.21 Å².